The van der Waals surface area contributed by atoms with Gasteiger partial charge in [-0.15, -0.1) is 0 Å². The lowest BCUT2D eigenvalue weighted by Crippen LogP contribution is -2.39. The molecule has 1 fully saturated rings. The highest BCUT2D eigenvalue weighted by molar-refractivity contribution is 5.10. The van der Waals surface area contributed by atoms with Crippen molar-refractivity contribution in [3.63, 3.8) is 0 Å². The molecule has 0 aromatic heterocycles. The first-order chi connectivity index (χ1) is 6.94. The largest absolute Gasteiger partial charge is 0.400 e. The van der Waals surface area contributed by atoms with Gasteiger partial charge in [0.1, 0.15) is 0 Å². The lowest BCUT2D eigenvalue weighted by Gasteiger charge is -2.24. The van der Waals surface area contributed by atoms with Crippen LogP contribution in [0.2, 0.25) is 0 Å². The average Bonchev–Trinajstić information content (AvgIpc) is 2.47. The highest BCUT2D eigenvalue weighted by Gasteiger charge is 2.72. The first-order valence-corrected chi connectivity index (χ1v) is 4.77. The van der Waals surface area contributed by atoms with Crippen LogP contribution in [0.25, 0.3) is 0 Å². The summed E-state index contributed by atoms with van der Waals surface area (Å²) in [6.07, 6.45) is -10.5. The van der Waals surface area contributed by atoms with Crippen molar-refractivity contribution in [3.8, 4) is 0 Å². The molecule has 1 aliphatic rings. The van der Waals surface area contributed by atoms with Crippen LogP contribution in [0, 0.1) is 23.2 Å². The molecule has 1 nitrogen and oxygen atoms in total. The molecule has 0 aliphatic heterocycles. The molecule has 0 heterocycles. The number of hydrogen-bond donors (Lipinski definition) is 1. The second kappa shape index (κ2) is 3.51. The normalized spacial score (nSPS) is 29.6. The van der Waals surface area contributed by atoms with Gasteiger partial charge in [0.25, 0.3) is 0 Å². The van der Waals surface area contributed by atoms with E-state index in [-0.39, 0.29) is 6.54 Å². The third-order valence-corrected chi connectivity index (χ3v) is 3.46. The minimum atomic E-state index is -5.26. The van der Waals surface area contributed by atoms with Gasteiger partial charge in [-0.25, -0.2) is 0 Å². The zero-order valence-electron chi connectivity index (χ0n) is 8.78. The van der Waals surface area contributed by atoms with E-state index in [1.165, 1.54) is 13.8 Å². The van der Waals surface area contributed by atoms with Crippen molar-refractivity contribution in [2.75, 3.05) is 6.54 Å². The summed E-state index contributed by atoms with van der Waals surface area (Å²) < 4.78 is 74.4. The van der Waals surface area contributed by atoms with E-state index in [0.29, 0.717) is 0 Å². The molecule has 0 spiro atoms. The van der Waals surface area contributed by atoms with Gasteiger partial charge in [-0.2, -0.15) is 26.3 Å². The molecule has 0 aromatic rings. The summed E-state index contributed by atoms with van der Waals surface area (Å²) in [5, 5.41) is 0. The van der Waals surface area contributed by atoms with E-state index in [1.54, 1.807) is 0 Å². The molecule has 0 unspecified atom stereocenters. The average molecular weight is 249 g/mol. The van der Waals surface area contributed by atoms with Crippen LogP contribution in [0.15, 0.2) is 0 Å². The molecule has 1 aliphatic carbocycles. The zero-order chi connectivity index (χ0) is 12.9. The monoisotopic (exact) mass is 249 g/mol. The maximum Gasteiger partial charge on any atom is 0.400 e. The highest BCUT2D eigenvalue weighted by Crippen LogP contribution is 2.66. The zero-order valence-corrected chi connectivity index (χ0v) is 8.78. The summed E-state index contributed by atoms with van der Waals surface area (Å²) in [5.41, 5.74) is 4.19. The third kappa shape index (κ3) is 2.14. The van der Waals surface area contributed by atoms with E-state index in [0.717, 1.165) is 0 Å². The summed E-state index contributed by atoms with van der Waals surface area (Å²) in [6.45, 7) is 2.62. The summed E-state index contributed by atoms with van der Waals surface area (Å²) >= 11 is 0. The number of halogens is 6. The van der Waals surface area contributed by atoms with Crippen LogP contribution in [-0.4, -0.2) is 18.9 Å². The minimum Gasteiger partial charge on any atom is -0.330 e. The van der Waals surface area contributed by atoms with Crippen molar-refractivity contribution in [1.82, 2.24) is 0 Å². The van der Waals surface area contributed by atoms with E-state index in [4.69, 9.17) is 5.73 Å². The Morgan fingerprint density at radius 3 is 1.62 bits per heavy atom. The molecular weight excluding hydrogens is 236 g/mol. The van der Waals surface area contributed by atoms with Crippen LogP contribution in [0.3, 0.4) is 0 Å². The standard InChI is InChI=1S/C9H13F6N/c1-7(2)4(3-16)5(7)6(8(10,11)12)9(13,14)15/h4-6H,3,16H2,1-2H3/t4-,5+/m1/s1. The predicted octanol–water partition coefficient (Wildman–Crippen LogP) is 2.96. The molecule has 1 rings (SSSR count). The summed E-state index contributed by atoms with van der Waals surface area (Å²) in [5.74, 6) is -5.44. The highest BCUT2D eigenvalue weighted by atomic mass is 19.4. The number of hydrogen-bond acceptors (Lipinski definition) is 1. The molecule has 96 valence electrons. The maximum absolute atomic E-state index is 12.4. The molecule has 7 heteroatoms. The van der Waals surface area contributed by atoms with E-state index in [9.17, 15) is 26.3 Å². The number of rotatable bonds is 2. The van der Waals surface area contributed by atoms with Crippen LogP contribution in [0.1, 0.15) is 13.8 Å². The van der Waals surface area contributed by atoms with Crippen molar-refractivity contribution < 1.29 is 26.3 Å². The first-order valence-electron chi connectivity index (χ1n) is 4.77. The maximum atomic E-state index is 12.4. The Morgan fingerprint density at radius 1 is 1.06 bits per heavy atom. The first kappa shape index (κ1) is 13.6. The molecular formula is C9H13F6N. The van der Waals surface area contributed by atoms with Gasteiger partial charge in [0.05, 0.1) is 0 Å². The number of alkyl halides is 6. The Bertz CT molecular complexity index is 252. The van der Waals surface area contributed by atoms with Gasteiger partial charge in [0.2, 0.25) is 0 Å². The summed E-state index contributed by atoms with van der Waals surface area (Å²) in [6, 6.07) is 0. The quantitative estimate of drug-likeness (QED) is 0.748. The molecule has 0 saturated heterocycles. The van der Waals surface area contributed by atoms with Crippen LogP contribution >= 0.6 is 0 Å². The third-order valence-electron chi connectivity index (χ3n) is 3.46. The van der Waals surface area contributed by atoms with Gasteiger partial charge in [-0.05, 0) is 23.8 Å². The van der Waals surface area contributed by atoms with E-state index < -0.39 is 35.5 Å². The molecule has 0 aromatic carbocycles. The van der Waals surface area contributed by atoms with Crippen LogP contribution < -0.4 is 5.73 Å². The van der Waals surface area contributed by atoms with Crippen LogP contribution in [0.5, 0.6) is 0 Å². The van der Waals surface area contributed by atoms with Crippen molar-refractivity contribution >= 4 is 0 Å². The minimum absolute atomic E-state index is 0.152. The lowest BCUT2D eigenvalue weighted by atomic mass is 9.96. The van der Waals surface area contributed by atoms with E-state index >= 15 is 0 Å². The predicted molar refractivity (Wildman–Crippen MR) is 45.4 cm³/mol. The van der Waals surface area contributed by atoms with Gasteiger partial charge < -0.3 is 5.73 Å². The van der Waals surface area contributed by atoms with Gasteiger partial charge in [-0.1, -0.05) is 13.8 Å². The van der Waals surface area contributed by atoms with Crippen molar-refractivity contribution in [3.05, 3.63) is 0 Å². The Morgan fingerprint density at radius 2 is 1.44 bits per heavy atom. The van der Waals surface area contributed by atoms with Gasteiger partial charge in [-0.3, -0.25) is 0 Å². The smallest absolute Gasteiger partial charge is 0.330 e. The van der Waals surface area contributed by atoms with Gasteiger partial charge >= 0.3 is 12.4 Å². The van der Waals surface area contributed by atoms with Crippen LogP contribution in [-0.2, 0) is 0 Å². The van der Waals surface area contributed by atoms with Crippen LogP contribution in [0.4, 0.5) is 26.3 Å². The molecule has 0 bridgehead atoms. The fraction of sp³-hybridized carbons (Fsp3) is 1.00. The molecule has 2 N–H and O–H groups in total. The molecule has 0 amide bonds. The summed E-state index contributed by atoms with van der Waals surface area (Å²) in [7, 11) is 0. The fourth-order valence-electron chi connectivity index (χ4n) is 2.49. The molecule has 16 heavy (non-hydrogen) atoms. The van der Waals surface area contributed by atoms with Crippen molar-refractivity contribution in [2.45, 2.75) is 26.2 Å². The molecule has 2 atom stereocenters. The van der Waals surface area contributed by atoms with E-state index in [1.807, 2.05) is 0 Å². The second-order valence-electron chi connectivity index (χ2n) is 4.75. The second-order valence-corrected chi connectivity index (χ2v) is 4.75. The Labute approximate surface area is 89.0 Å². The lowest BCUT2D eigenvalue weighted by molar-refractivity contribution is -0.293. The van der Waals surface area contributed by atoms with Crippen molar-refractivity contribution in [1.29, 1.82) is 0 Å². The van der Waals surface area contributed by atoms with Crippen molar-refractivity contribution in [2.24, 2.45) is 28.9 Å². The van der Waals surface area contributed by atoms with E-state index in [2.05, 4.69) is 0 Å². The summed E-state index contributed by atoms with van der Waals surface area (Å²) in [4.78, 5) is 0. The molecule has 1 saturated carbocycles. The van der Waals surface area contributed by atoms with Gasteiger partial charge in [0.15, 0.2) is 5.92 Å². The SMILES string of the molecule is CC1(C)[C@H](CN)[C@H]1C(C(F)(F)F)C(F)(F)F. The Balaban J connectivity index is 2.99. The Kier molecular flexibility index (Phi) is 2.99. The fourth-order valence-corrected chi connectivity index (χ4v) is 2.49. The van der Waals surface area contributed by atoms with Gasteiger partial charge in [0, 0.05) is 0 Å². The number of nitrogens with two attached hydrogens (primary N) is 1. The molecule has 0 radical (unpaired) electrons. The Hall–Kier alpha value is -0.460. The topological polar surface area (TPSA) is 26.0 Å².